The summed E-state index contributed by atoms with van der Waals surface area (Å²) >= 11 is 0. The summed E-state index contributed by atoms with van der Waals surface area (Å²) in [4.78, 5) is 25.4. The van der Waals surface area contributed by atoms with E-state index in [-0.39, 0.29) is 18.4 Å². The monoisotopic (exact) mass is 381 g/mol. The largest absolute Gasteiger partial charge is 0.496 e. The zero-order valence-electron chi connectivity index (χ0n) is 16.1. The number of para-hydroxylation sites is 1. The quantitative estimate of drug-likeness (QED) is 0.732. The van der Waals surface area contributed by atoms with E-state index >= 15 is 0 Å². The molecule has 0 aromatic heterocycles. The van der Waals surface area contributed by atoms with Crippen molar-refractivity contribution in [2.75, 3.05) is 19.0 Å². The SMILES string of the molecule is COc1ccccc1C(=O)NC(C(=O)Nc1cccc(OCC#N)c1)C(C)C. The summed E-state index contributed by atoms with van der Waals surface area (Å²) in [5.74, 6) is 0.0218. The van der Waals surface area contributed by atoms with Gasteiger partial charge in [-0.1, -0.05) is 32.0 Å². The fourth-order valence-electron chi connectivity index (χ4n) is 2.59. The van der Waals surface area contributed by atoms with Crippen molar-refractivity contribution < 1.29 is 19.1 Å². The Balaban J connectivity index is 2.12. The number of carbonyl (C=O) groups excluding carboxylic acids is 2. The van der Waals surface area contributed by atoms with Crippen molar-refractivity contribution in [2.45, 2.75) is 19.9 Å². The van der Waals surface area contributed by atoms with Crippen LogP contribution in [0.3, 0.4) is 0 Å². The highest BCUT2D eigenvalue weighted by Gasteiger charge is 2.26. The average molecular weight is 381 g/mol. The highest BCUT2D eigenvalue weighted by atomic mass is 16.5. The topological polar surface area (TPSA) is 100 Å². The van der Waals surface area contributed by atoms with Crippen LogP contribution in [0.25, 0.3) is 0 Å². The third kappa shape index (κ3) is 5.48. The van der Waals surface area contributed by atoms with Crippen LogP contribution >= 0.6 is 0 Å². The Kier molecular flexibility index (Phi) is 7.40. The number of rotatable bonds is 8. The standard InChI is InChI=1S/C21H23N3O4/c1-14(2)19(24-20(25)17-9-4-5-10-18(17)27-3)21(26)23-15-7-6-8-16(13-15)28-12-11-22/h4-10,13-14,19H,12H2,1-3H3,(H,23,26)(H,24,25). The molecular weight excluding hydrogens is 358 g/mol. The van der Waals surface area contributed by atoms with E-state index in [1.54, 1.807) is 48.5 Å². The van der Waals surface area contributed by atoms with Gasteiger partial charge in [0.15, 0.2) is 6.61 Å². The van der Waals surface area contributed by atoms with Gasteiger partial charge in [0.1, 0.15) is 23.6 Å². The smallest absolute Gasteiger partial charge is 0.255 e. The maximum absolute atomic E-state index is 12.8. The highest BCUT2D eigenvalue weighted by molar-refractivity contribution is 6.02. The van der Waals surface area contributed by atoms with E-state index in [0.717, 1.165) is 0 Å². The molecule has 2 aromatic rings. The maximum Gasteiger partial charge on any atom is 0.255 e. The lowest BCUT2D eigenvalue weighted by Gasteiger charge is -2.22. The number of hydrogen-bond acceptors (Lipinski definition) is 5. The number of benzene rings is 2. The lowest BCUT2D eigenvalue weighted by molar-refractivity contribution is -0.118. The Morgan fingerprint density at radius 2 is 1.89 bits per heavy atom. The Morgan fingerprint density at radius 1 is 1.14 bits per heavy atom. The number of anilines is 1. The Labute approximate surface area is 164 Å². The van der Waals surface area contributed by atoms with Crippen molar-refractivity contribution >= 4 is 17.5 Å². The zero-order chi connectivity index (χ0) is 20.5. The number of methoxy groups -OCH3 is 1. The van der Waals surface area contributed by atoms with Crippen molar-refractivity contribution in [3.63, 3.8) is 0 Å². The van der Waals surface area contributed by atoms with E-state index < -0.39 is 11.9 Å². The van der Waals surface area contributed by atoms with E-state index in [1.807, 2.05) is 19.9 Å². The number of nitrogens with one attached hydrogen (secondary N) is 2. The van der Waals surface area contributed by atoms with Gasteiger partial charge in [0.25, 0.3) is 5.91 Å². The molecule has 0 heterocycles. The second-order valence-electron chi connectivity index (χ2n) is 6.36. The predicted molar refractivity (Wildman–Crippen MR) is 105 cm³/mol. The molecule has 7 nitrogen and oxygen atoms in total. The Hall–Kier alpha value is -3.53. The van der Waals surface area contributed by atoms with Gasteiger partial charge in [0.05, 0.1) is 12.7 Å². The first kappa shape index (κ1) is 20.8. The van der Waals surface area contributed by atoms with E-state index in [4.69, 9.17) is 14.7 Å². The fraction of sp³-hybridized carbons (Fsp3) is 0.286. The number of nitrogens with zero attached hydrogens (tertiary/aromatic N) is 1. The molecular formula is C21H23N3O4. The molecule has 0 aliphatic rings. The summed E-state index contributed by atoms with van der Waals surface area (Å²) < 4.78 is 10.4. The summed E-state index contributed by atoms with van der Waals surface area (Å²) in [7, 11) is 1.49. The molecule has 2 amide bonds. The van der Waals surface area contributed by atoms with E-state index in [9.17, 15) is 9.59 Å². The summed E-state index contributed by atoms with van der Waals surface area (Å²) in [6, 6.07) is 14.7. The van der Waals surface area contributed by atoms with Gasteiger partial charge in [-0.3, -0.25) is 9.59 Å². The van der Waals surface area contributed by atoms with Gasteiger partial charge in [-0.05, 0) is 30.2 Å². The molecule has 0 saturated heterocycles. The van der Waals surface area contributed by atoms with E-state index in [2.05, 4.69) is 10.6 Å². The molecule has 28 heavy (non-hydrogen) atoms. The third-order valence-electron chi connectivity index (χ3n) is 3.99. The van der Waals surface area contributed by atoms with Crippen molar-refractivity contribution in [1.29, 1.82) is 5.26 Å². The van der Waals surface area contributed by atoms with Crippen LogP contribution in [0.15, 0.2) is 48.5 Å². The molecule has 2 rings (SSSR count). The van der Waals surface area contributed by atoms with Crippen molar-refractivity contribution in [2.24, 2.45) is 5.92 Å². The van der Waals surface area contributed by atoms with Gasteiger partial charge in [0.2, 0.25) is 5.91 Å². The predicted octanol–water partition coefficient (Wildman–Crippen LogP) is 2.99. The van der Waals surface area contributed by atoms with Crippen LogP contribution in [0.2, 0.25) is 0 Å². The van der Waals surface area contributed by atoms with Gasteiger partial charge in [-0.25, -0.2) is 0 Å². The van der Waals surface area contributed by atoms with Gasteiger partial charge in [-0.2, -0.15) is 5.26 Å². The molecule has 1 atom stereocenters. The average Bonchev–Trinajstić information content (AvgIpc) is 2.70. The second-order valence-corrected chi connectivity index (χ2v) is 6.36. The minimum atomic E-state index is -0.749. The third-order valence-corrected chi connectivity index (χ3v) is 3.99. The number of ether oxygens (including phenoxy) is 2. The molecule has 2 N–H and O–H groups in total. The van der Waals surface area contributed by atoms with Crippen LogP contribution in [0.4, 0.5) is 5.69 Å². The number of carbonyl (C=O) groups is 2. The van der Waals surface area contributed by atoms with Gasteiger partial charge in [-0.15, -0.1) is 0 Å². The Bertz CT molecular complexity index is 874. The van der Waals surface area contributed by atoms with E-state index in [0.29, 0.717) is 22.7 Å². The molecule has 0 bridgehead atoms. The number of nitriles is 1. The van der Waals surface area contributed by atoms with Crippen molar-refractivity contribution in [1.82, 2.24) is 5.32 Å². The van der Waals surface area contributed by atoms with E-state index in [1.165, 1.54) is 7.11 Å². The number of amides is 2. The Morgan fingerprint density at radius 3 is 2.57 bits per heavy atom. The molecule has 0 radical (unpaired) electrons. The lowest BCUT2D eigenvalue weighted by atomic mass is 10.0. The first-order chi connectivity index (χ1) is 13.5. The fourth-order valence-corrected chi connectivity index (χ4v) is 2.59. The maximum atomic E-state index is 12.8. The molecule has 0 saturated carbocycles. The normalized spacial score (nSPS) is 11.2. The minimum Gasteiger partial charge on any atom is -0.496 e. The van der Waals surface area contributed by atoms with Gasteiger partial charge < -0.3 is 20.1 Å². The summed E-state index contributed by atoms with van der Waals surface area (Å²) in [5.41, 5.74) is 0.869. The van der Waals surface area contributed by atoms with Crippen molar-refractivity contribution in [3.8, 4) is 17.6 Å². The molecule has 0 fully saturated rings. The highest BCUT2D eigenvalue weighted by Crippen LogP contribution is 2.20. The molecule has 2 aromatic carbocycles. The second kappa shape index (κ2) is 9.97. The summed E-state index contributed by atoms with van der Waals surface area (Å²) in [6.45, 7) is 3.61. The van der Waals surface area contributed by atoms with Crippen LogP contribution in [-0.2, 0) is 4.79 Å². The summed E-state index contributed by atoms with van der Waals surface area (Å²) in [6.07, 6.45) is 0. The molecule has 1 unspecified atom stereocenters. The molecule has 146 valence electrons. The first-order valence-corrected chi connectivity index (χ1v) is 8.80. The van der Waals surface area contributed by atoms with Crippen LogP contribution < -0.4 is 20.1 Å². The lowest BCUT2D eigenvalue weighted by Crippen LogP contribution is -2.47. The van der Waals surface area contributed by atoms with Crippen LogP contribution in [0.1, 0.15) is 24.2 Å². The van der Waals surface area contributed by atoms with Crippen molar-refractivity contribution in [3.05, 3.63) is 54.1 Å². The van der Waals surface area contributed by atoms with Gasteiger partial charge in [0, 0.05) is 11.8 Å². The first-order valence-electron chi connectivity index (χ1n) is 8.80. The zero-order valence-corrected chi connectivity index (χ0v) is 16.1. The number of hydrogen-bond donors (Lipinski definition) is 2. The van der Waals surface area contributed by atoms with Crippen LogP contribution in [-0.4, -0.2) is 31.6 Å². The minimum absolute atomic E-state index is 0.0824. The molecule has 0 spiro atoms. The van der Waals surface area contributed by atoms with Crippen LogP contribution in [0, 0.1) is 17.2 Å². The molecule has 7 heteroatoms. The summed E-state index contributed by atoms with van der Waals surface area (Å²) in [5, 5.41) is 14.1. The molecule has 0 aliphatic heterocycles. The van der Waals surface area contributed by atoms with Crippen LogP contribution in [0.5, 0.6) is 11.5 Å². The van der Waals surface area contributed by atoms with Gasteiger partial charge >= 0.3 is 0 Å². The molecule has 0 aliphatic carbocycles.